The van der Waals surface area contributed by atoms with E-state index in [4.69, 9.17) is 5.84 Å². The van der Waals surface area contributed by atoms with E-state index in [0.717, 1.165) is 31.9 Å². The van der Waals surface area contributed by atoms with Gasteiger partial charge in [-0.3, -0.25) is 15.4 Å². The zero-order valence-electron chi connectivity index (χ0n) is 10.6. The molecule has 0 unspecified atom stereocenters. The molecule has 0 bridgehead atoms. The second-order valence-corrected chi connectivity index (χ2v) is 3.91. The summed E-state index contributed by atoms with van der Waals surface area (Å²) in [5.74, 6) is 6.19. The highest BCUT2D eigenvalue weighted by Crippen LogP contribution is 2.01. The third-order valence-corrected chi connectivity index (χ3v) is 2.43. The Kier molecular flexibility index (Phi) is 6.03. The van der Waals surface area contributed by atoms with E-state index in [9.17, 15) is 0 Å². The number of unbranched alkanes of at least 4 members (excludes halogenated alkanes) is 1. The maximum Gasteiger partial charge on any atom is 0.208 e. The van der Waals surface area contributed by atoms with Crippen molar-refractivity contribution in [2.75, 3.05) is 13.6 Å². The van der Waals surface area contributed by atoms with Crippen LogP contribution in [0.15, 0.2) is 29.5 Å². The first-order valence-electron chi connectivity index (χ1n) is 5.89. The normalized spacial score (nSPS) is 11.4. The molecule has 94 valence electrons. The summed E-state index contributed by atoms with van der Waals surface area (Å²) in [6, 6.07) is 3.97. The van der Waals surface area contributed by atoms with Gasteiger partial charge >= 0.3 is 0 Å². The third kappa shape index (κ3) is 4.82. The lowest BCUT2D eigenvalue weighted by Gasteiger charge is -2.20. The van der Waals surface area contributed by atoms with Crippen LogP contribution in [0.3, 0.4) is 0 Å². The number of nitrogens with one attached hydrogen (secondary N) is 1. The van der Waals surface area contributed by atoms with Gasteiger partial charge < -0.3 is 4.90 Å². The van der Waals surface area contributed by atoms with E-state index in [2.05, 4.69) is 22.3 Å². The molecule has 0 aromatic carbocycles. The Balaban J connectivity index is 2.54. The Labute approximate surface area is 103 Å². The molecule has 5 heteroatoms. The predicted octanol–water partition coefficient (Wildman–Crippen LogP) is 1.13. The topological polar surface area (TPSA) is 66.5 Å². The minimum atomic E-state index is 0.718. The van der Waals surface area contributed by atoms with Gasteiger partial charge in [-0.25, -0.2) is 5.84 Å². The van der Waals surface area contributed by atoms with Crippen molar-refractivity contribution in [3.63, 3.8) is 0 Å². The first-order chi connectivity index (χ1) is 8.27. The summed E-state index contributed by atoms with van der Waals surface area (Å²) in [4.78, 5) is 10.4. The Morgan fingerprint density at radius 2 is 2.18 bits per heavy atom. The van der Waals surface area contributed by atoms with E-state index < -0.39 is 0 Å². The van der Waals surface area contributed by atoms with Crippen molar-refractivity contribution < 1.29 is 0 Å². The van der Waals surface area contributed by atoms with Crippen molar-refractivity contribution in [2.24, 2.45) is 10.8 Å². The summed E-state index contributed by atoms with van der Waals surface area (Å²) >= 11 is 0. The molecule has 0 aliphatic heterocycles. The fraction of sp³-hybridized carbons (Fsp3) is 0.500. The molecule has 1 aromatic heterocycles. The van der Waals surface area contributed by atoms with Gasteiger partial charge in [0.25, 0.3) is 0 Å². The summed E-state index contributed by atoms with van der Waals surface area (Å²) in [7, 11) is 1.96. The van der Waals surface area contributed by atoms with Crippen LogP contribution in [0.2, 0.25) is 0 Å². The van der Waals surface area contributed by atoms with Crippen LogP contribution in [0.5, 0.6) is 0 Å². The molecular formula is C12H21N5. The Morgan fingerprint density at radius 3 is 2.76 bits per heavy atom. The number of hydrogen-bond donors (Lipinski definition) is 2. The van der Waals surface area contributed by atoms with Gasteiger partial charge in [-0.2, -0.15) is 0 Å². The van der Waals surface area contributed by atoms with Crippen LogP contribution in [-0.4, -0.2) is 29.4 Å². The quantitative estimate of drug-likeness (QED) is 0.264. The first kappa shape index (κ1) is 13.4. The molecule has 0 saturated carbocycles. The summed E-state index contributed by atoms with van der Waals surface area (Å²) in [5, 5.41) is 0. The molecule has 1 rings (SSSR count). The summed E-state index contributed by atoms with van der Waals surface area (Å²) in [5.41, 5.74) is 3.82. The van der Waals surface area contributed by atoms with E-state index in [-0.39, 0.29) is 0 Å². The van der Waals surface area contributed by atoms with E-state index in [0.29, 0.717) is 0 Å². The largest absolute Gasteiger partial charge is 0.341 e. The molecule has 17 heavy (non-hydrogen) atoms. The highest BCUT2D eigenvalue weighted by Gasteiger charge is 2.04. The van der Waals surface area contributed by atoms with Crippen LogP contribution in [-0.2, 0) is 6.54 Å². The van der Waals surface area contributed by atoms with Gasteiger partial charge in [-0.1, -0.05) is 13.3 Å². The fourth-order valence-electron chi connectivity index (χ4n) is 1.46. The highest BCUT2D eigenvalue weighted by molar-refractivity contribution is 5.79. The Hall–Kier alpha value is -1.62. The van der Waals surface area contributed by atoms with Crippen molar-refractivity contribution in [1.29, 1.82) is 0 Å². The minimum Gasteiger partial charge on any atom is -0.341 e. The monoisotopic (exact) mass is 235 g/mol. The molecule has 0 spiro atoms. The fourth-order valence-corrected chi connectivity index (χ4v) is 1.46. The number of rotatable bonds is 5. The maximum atomic E-state index is 5.47. The van der Waals surface area contributed by atoms with Crippen LogP contribution >= 0.6 is 0 Å². The van der Waals surface area contributed by atoms with Crippen LogP contribution in [0.25, 0.3) is 0 Å². The molecule has 0 aliphatic carbocycles. The molecule has 1 aromatic rings. The lowest BCUT2D eigenvalue weighted by Crippen LogP contribution is -2.42. The number of aliphatic imine (C=N–C) groups is 1. The van der Waals surface area contributed by atoms with E-state index >= 15 is 0 Å². The second-order valence-electron chi connectivity index (χ2n) is 3.91. The zero-order chi connectivity index (χ0) is 12.5. The highest BCUT2D eigenvalue weighted by atomic mass is 15.4. The minimum absolute atomic E-state index is 0.718. The third-order valence-electron chi connectivity index (χ3n) is 2.43. The molecule has 5 nitrogen and oxygen atoms in total. The second kappa shape index (κ2) is 7.62. The number of guanidine groups is 1. The first-order valence-corrected chi connectivity index (χ1v) is 5.89. The smallest absolute Gasteiger partial charge is 0.208 e. The molecule has 0 atom stereocenters. The SMILES string of the molecule is CCCCN=C(NN)N(C)Cc1ccncc1. The number of pyridine rings is 1. The number of hydrazine groups is 1. The lowest BCUT2D eigenvalue weighted by molar-refractivity contribution is 0.476. The maximum absolute atomic E-state index is 5.47. The predicted molar refractivity (Wildman–Crippen MR) is 70.2 cm³/mol. The van der Waals surface area contributed by atoms with Gasteiger partial charge in [-0.05, 0) is 24.1 Å². The van der Waals surface area contributed by atoms with E-state index in [1.54, 1.807) is 12.4 Å². The molecule has 0 radical (unpaired) electrons. The molecule has 0 saturated heterocycles. The van der Waals surface area contributed by atoms with Gasteiger partial charge in [0.1, 0.15) is 0 Å². The van der Waals surface area contributed by atoms with Gasteiger partial charge in [0.05, 0.1) is 0 Å². The van der Waals surface area contributed by atoms with Gasteiger partial charge in [0.2, 0.25) is 5.96 Å². The van der Waals surface area contributed by atoms with Crippen LogP contribution in [0, 0.1) is 0 Å². The zero-order valence-corrected chi connectivity index (χ0v) is 10.6. The van der Waals surface area contributed by atoms with Crippen molar-refractivity contribution in [3.8, 4) is 0 Å². The molecule has 0 amide bonds. The van der Waals surface area contributed by atoms with Gasteiger partial charge in [0, 0.05) is 32.5 Å². The van der Waals surface area contributed by atoms with Crippen molar-refractivity contribution in [3.05, 3.63) is 30.1 Å². The van der Waals surface area contributed by atoms with Crippen LogP contribution in [0.1, 0.15) is 25.3 Å². The molecule has 1 heterocycles. The van der Waals surface area contributed by atoms with Gasteiger partial charge in [-0.15, -0.1) is 0 Å². The molecule has 0 fully saturated rings. The molecule has 3 N–H and O–H groups in total. The standard InChI is InChI=1S/C12H21N5/c1-3-4-7-15-12(16-13)17(2)10-11-5-8-14-9-6-11/h5-6,8-9H,3-4,7,10,13H2,1-2H3,(H,15,16). The number of hydrogen-bond acceptors (Lipinski definition) is 3. The van der Waals surface area contributed by atoms with Crippen LogP contribution in [0.4, 0.5) is 0 Å². The van der Waals surface area contributed by atoms with Gasteiger partial charge in [0.15, 0.2) is 0 Å². The summed E-state index contributed by atoms with van der Waals surface area (Å²) < 4.78 is 0. The molecular weight excluding hydrogens is 214 g/mol. The van der Waals surface area contributed by atoms with Crippen LogP contribution < -0.4 is 11.3 Å². The van der Waals surface area contributed by atoms with Crippen molar-refractivity contribution >= 4 is 5.96 Å². The molecule has 0 aliphatic rings. The number of aromatic nitrogens is 1. The number of nitrogens with two attached hydrogens (primary N) is 1. The Bertz CT molecular complexity index is 336. The average molecular weight is 235 g/mol. The van der Waals surface area contributed by atoms with E-state index in [1.165, 1.54) is 5.56 Å². The Morgan fingerprint density at radius 1 is 1.47 bits per heavy atom. The summed E-state index contributed by atoms with van der Waals surface area (Å²) in [6.07, 6.45) is 5.78. The van der Waals surface area contributed by atoms with Crippen molar-refractivity contribution in [2.45, 2.75) is 26.3 Å². The lowest BCUT2D eigenvalue weighted by atomic mass is 10.2. The summed E-state index contributed by atoms with van der Waals surface area (Å²) in [6.45, 7) is 3.71. The van der Waals surface area contributed by atoms with E-state index in [1.807, 2.05) is 24.1 Å². The average Bonchev–Trinajstić information content (AvgIpc) is 2.36. The number of nitrogens with zero attached hydrogens (tertiary/aromatic N) is 3. The van der Waals surface area contributed by atoms with Crippen molar-refractivity contribution in [1.82, 2.24) is 15.3 Å².